The number of benzene rings is 1. The fraction of sp³-hybridized carbons (Fsp3) is 0.467. The Morgan fingerprint density at radius 1 is 1.12 bits per heavy atom. The molecule has 0 fully saturated rings. The van der Waals surface area contributed by atoms with Crippen LogP contribution in [0.5, 0.6) is 0 Å². The average molecular weight is 348 g/mol. The Hall–Kier alpha value is -2.45. The van der Waals surface area contributed by atoms with Gasteiger partial charge in [-0.3, -0.25) is 5.32 Å². The van der Waals surface area contributed by atoms with Crippen LogP contribution in [0.3, 0.4) is 0 Å². The second-order valence-corrected chi connectivity index (χ2v) is 5.31. The van der Waals surface area contributed by atoms with Crippen LogP contribution in [0.25, 0.3) is 0 Å². The van der Waals surface area contributed by atoms with Gasteiger partial charge in [0.05, 0.1) is 13.2 Å². The van der Waals surface area contributed by atoms with E-state index in [0.29, 0.717) is 0 Å². The molecular formula is C15H19F3N2O4. The van der Waals surface area contributed by atoms with Crippen molar-refractivity contribution in [2.45, 2.75) is 38.7 Å². The molecule has 0 unspecified atom stereocenters. The maximum absolute atomic E-state index is 13.6. The summed E-state index contributed by atoms with van der Waals surface area (Å²) in [5, 5.41) is 3.55. The number of hydrogen-bond donors (Lipinski definition) is 2. The first-order valence-corrected chi connectivity index (χ1v) is 7.00. The average Bonchev–Trinajstić information content (AvgIpc) is 2.45. The van der Waals surface area contributed by atoms with Crippen molar-refractivity contribution in [2.75, 3.05) is 12.4 Å². The van der Waals surface area contributed by atoms with E-state index in [4.69, 9.17) is 0 Å². The first-order chi connectivity index (χ1) is 11.0. The van der Waals surface area contributed by atoms with Gasteiger partial charge in [0.25, 0.3) is 0 Å². The molecule has 0 radical (unpaired) electrons. The second-order valence-electron chi connectivity index (χ2n) is 5.31. The topological polar surface area (TPSA) is 76.7 Å². The normalized spacial score (nSPS) is 13.8. The standard InChI is InChI=1S/C15H19F3N2O4/c1-9(2)24-13(22)20-14(12(21)23-4,15(16,17)18)19-11-7-5-10(3)6-8-11/h5-9,19H,1-4H3,(H,20,22)/t14-/m1/s1. The molecule has 1 rings (SSSR count). The number of nitrogens with one attached hydrogen (secondary N) is 2. The van der Waals surface area contributed by atoms with Crippen molar-refractivity contribution in [2.24, 2.45) is 0 Å². The second kappa shape index (κ2) is 7.41. The number of halogens is 3. The lowest BCUT2D eigenvalue weighted by atomic mass is 10.1. The third kappa shape index (κ3) is 4.53. The number of carbonyl (C=O) groups excluding carboxylic acids is 2. The number of aryl methyl sites for hydroxylation is 1. The van der Waals surface area contributed by atoms with Gasteiger partial charge in [-0.25, -0.2) is 9.59 Å². The molecule has 0 saturated carbocycles. The summed E-state index contributed by atoms with van der Waals surface area (Å²) in [6.07, 6.45) is -7.28. The molecule has 2 N–H and O–H groups in total. The predicted octanol–water partition coefficient (Wildman–Crippen LogP) is 2.97. The minimum atomic E-state index is -5.19. The molecular weight excluding hydrogens is 329 g/mol. The summed E-state index contributed by atoms with van der Waals surface area (Å²) in [4.78, 5) is 23.6. The number of hydrogen-bond acceptors (Lipinski definition) is 5. The molecule has 0 heterocycles. The first kappa shape index (κ1) is 19.6. The van der Waals surface area contributed by atoms with Gasteiger partial charge in [0.15, 0.2) is 0 Å². The summed E-state index contributed by atoms with van der Waals surface area (Å²) in [7, 11) is 0.787. The first-order valence-electron chi connectivity index (χ1n) is 7.00. The van der Waals surface area contributed by atoms with Gasteiger partial charge >= 0.3 is 23.9 Å². The van der Waals surface area contributed by atoms with E-state index >= 15 is 0 Å². The monoisotopic (exact) mass is 348 g/mol. The third-order valence-corrected chi connectivity index (χ3v) is 2.93. The van der Waals surface area contributed by atoms with Gasteiger partial charge in [0.1, 0.15) is 0 Å². The Kier molecular flexibility index (Phi) is 6.05. The number of amides is 1. The molecule has 1 aromatic rings. The van der Waals surface area contributed by atoms with Crippen LogP contribution in [0.4, 0.5) is 23.7 Å². The Bertz CT molecular complexity index is 587. The van der Waals surface area contributed by atoms with Crippen LogP contribution >= 0.6 is 0 Å². The molecule has 6 nitrogen and oxygen atoms in total. The van der Waals surface area contributed by atoms with E-state index in [2.05, 4.69) is 9.47 Å². The van der Waals surface area contributed by atoms with Gasteiger partial charge in [-0.05, 0) is 32.9 Å². The summed E-state index contributed by atoms with van der Waals surface area (Å²) >= 11 is 0. The van der Waals surface area contributed by atoms with Gasteiger partial charge in [-0.1, -0.05) is 17.7 Å². The molecule has 1 atom stereocenters. The van der Waals surface area contributed by atoms with E-state index in [0.717, 1.165) is 12.7 Å². The van der Waals surface area contributed by atoms with E-state index < -0.39 is 30.0 Å². The lowest BCUT2D eigenvalue weighted by Crippen LogP contribution is -2.69. The smallest absolute Gasteiger partial charge is 0.442 e. The molecule has 134 valence electrons. The summed E-state index contributed by atoms with van der Waals surface area (Å²) in [6.45, 7) is 4.67. The molecule has 24 heavy (non-hydrogen) atoms. The highest BCUT2D eigenvalue weighted by Crippen LogP contribution is 2.33. The fourth-order valence-corrected chi connectivity index (χ4v) is 1.79. The number of rotatable bonds is 5. The highest BCUT2D eigenvalue weighted by molar-refractivity contribution is 5.89. The van der Waals surface area contributed by atoms with Crippen molar-refractivity contribution >= 4 is 17.7 Å². The number of alkyl carbamates (subject to hydrolysis) is 1. The van der Waals surface area contributed by atoms with E-state index in [1.807, 2.05) is 5.32 Å². The Balaban J connectivity index is 3.28. The van der Waals surface area contributed by atoms with Crippen LogP contribution in [0.15, 0.2) is 24.3 Å². The van der Waals surface area contributed by atoms with Crippen molar-refractivity contribution in [1.82, 2.24) is 5.32 Å². The van der Waals surface area contributed by atoms with Crippen LogP contribution in [0, 0.1) is 6.92 Å². The van der Waals surface area contributed by atoms with E-state index in [1.165, 1.54) is 26.0 Å². The maximum atomic E-state index is 13.6. The van der Waals surface area contributed by atoms with Crippen molar-refractivity contribution in [3.05, 3.63) is 29.8 Å². The van der Waals surface area contributed by atoms with Gasteiger partial charge in [-0.15, -0.1) is 0 Å². The molecule has 1 amide bonds. The van der Waals surface area contributed by atoms with Crippen LogP contribution in [0.1, 0.15) is 19.4 Å². The zero-order chi connectivity index (χ0) is 18.5. The van der Waals surface area contributed by atoms with Crippen LogP contribution < -0.4 is 10.6 Å². The van der Waals surface area contributed by atoms with Crippen LogP contribution in [0.2, 0.25) is 0 Å². The van der Waals surface area contributed by atoms with Gasteiger partial charge in [0, 0.05) is 5.69 Å². The zero-order valence-electron chi connectivity index (χ0n) is 13.7. The molecule has 0 saturated heterocycles. The van der Waals surface area contributed by atoms with E-state index in [9.17, 15) is 22.8 Å². The molecule has 0 aromatic heterocycles. The highest BCUT2D eigenvalue weighted by atomic mass is 19.4. The quantitative estimate of drug-likeness (QED) is 0.632. The summed E-state index contributed by atoms with van der Waals surface area (Å²) < 4.78 is 49.8. The van der Waals surface area contributed by atoms with Gasteiger partial charge in [-0.2, -0.15) is 13.2 Å². The van der Waals surface area contributed by atoms with E-state index in [1.54, 1.807) is 24.4 Å². The maximum Gasteiger partial charge on any atom is 0.442 e. The predicted molar refractivity (Wildman–Crippen MR) is 80.4 cm³/mol. The number of alkyl halides is 3. The SMILES string of the molecule is COC(=O)[C@](NC(=O)OC(C)C)(Nc1ccc(C)cc1)C(F)(F)F. The van der Waals surface area contributed by atoms with Crippen molar-refractivity contribution < 1.29 is 32.2 Å². The lowest BCUT2D eigenvalue weighted by Gasteiger charge is -2.34. The van der Waals surface area contributed by atoms with E-state index in [-0.39, 0.29) is 5.69 Å². The van der Waals surface area contributed by atoms with Crippen molar-refractivity contribution in [1.29, 1.82) is 0 Å². The Morgan fingerprint density at radius 3 is 2.08 bits per heavy atom. The number of anilines is 1. The fourth-order valence-electron chi connectivity index (χ4n) is 1.79. The van der Waals surface area contributed by atoms with Crippen molar-refractivity contribution in [3.8, 4) is 0 Å². The third-order valence-electron chi connectivity index (χ3n) is 2.93. The summed E-state index contributed by atoms with van der Waals surface area (Å²) in [5.41, 5.74) is -2.71. The molecule has 0 aliphatic rings. The molecule has 0 bridgehead atoms. The minimum absolute atomic E-state index is 0.0341. The largest absolute Gasteiger partial charge is 0.466 e. The molecule has 1 aromatic carbocycles. The number of ether oxygens (including phenoxy) is 2. The summed E-state index contributed by atoms with van der Waals surface area (Å²) in [6, 6.07) is 5.78. The molecule has 0 spiro atoms. The molecule has 0 aliphatic heterocycles. The minimum Gasteiger partial charge on any atom is -0.466 e. The van der Waals surface area contributed by atoms with Crippen molar-refractivity contribution in [3.63, 3.8) is 0 Å². The molecule has 0 aliphatic carbocycles. The Morgan fingerprint density at radius 2 is 1.67 bits per heavy atom. The Labute approximate surface area is 137 Å². The number of carbonyl (C=O) groups is 2. The number of esters is 1. The zero-order valence-corrected chi connectivity index (χ0v) is 13.7. The van der Waals surface area contributed by atoms with Gasteiger partial charge in [0.2, 0.25) is 0 Å². The van der Waals surface area contributed by atoms with Gasteiger partial charge < -0.3 is 14.8 Å². The van der Waals surface area contributed by atoms with Crippen LogP contribution in [-0.4, -0.2) is 37.1 Å². The van der Waals surface area contributed by atoms with Crippen LogP contribution in [-0.2, 0) is 14.3 Å². The summed E-state index contributed by atoms with van der Waals surface area (Å²) in [5.74, 6) is -1.73. The number of methoxy groups -OCH3 is 1. The highest BCUT2D eigenvalue weighted by Gasteiger charge is 2.64. The molecule has 9 heteroatoms. The lowest BCUT2D eigenvalue weighted by molar-refractivity contribution is -0.204.